The van der Waals surface area contributed by atoms with Gasteiger partial charge in [-0.3, -0.25) is 4.79 Å². The normalized spacial score (nSPS) is 11.9. The van der Waals surface area contributed by atoms with Crippen LogP contribution in [0.3, 0.4) is 0 Å². The maximum absolute atomic E-state index is 12.5. The second-order valence-electron chi connectivity index (χ2n) is 6.27. The maximum atomic E-state index is 12.5. The third-order valence-corrected chi connectivity index (χ3v) is 3.87. The van der Waals surface area contributed by atoms with Gasteiger partial charge in [-0.15, -0.1) is 0 Å². The number of aromatic nitrogens is 2. The number of carbonyl (C=O) groups excluding carboxylic acids is 1. The molecular weight excluding hydrogens is 401 g/mol. The van der Waals surface area contributed by atoms with Gasteiger partial charge in [0.05, 0.1) is 12.3 Å². The molecule has 0 aliphatic heterocycles. The number of benzene rings is 2. The standard InChI is InChI=1S/C20H17F3N4O3/c1-13(26-29-12-14-5-3-2-4-6-14)11-24-18(28)16-9-7-15(8-10-16)17-25-19(30-27-17)20(21,22)23/h2-10H,11-12H2,1H3,(H,24,28)/b26-13+. The van der Waals surface area contributed by atoms with Gasteiger partial charge < -0.3 is 14.7 Å². The summed E-state index contributed by atoms with van der Waals surface area (Å²) < 4.78 is 41.8. The fourth-order valence-electron chi connectivity index (χ4n) is 2.36. The molecule has 1 aromatic heterocycles. The van der Waals surface area contributed by atoms with Crippen molar-refractivity contribution in [2.24, 2.45) is 5.16 Å². The summed E-state index contributed by atoms with van der Waals surface area (Å²) in [4.78, 5) is 20.8. The van der Waals surface area contributed by atoms with Crippen molar-refractivity contribution < 1.29 is 27.3 Å². The van der Waals surface area contributed by atoms with E-state index in [0.29, 0.717) is 17.9 Å². The van der Waals surface area contributed by atoms with Crippen molar-refractivity contribution in [1.29, 1.82) is 0 Å². The first-order valence-electron chi connectivity index (χ1n) is 8.82. The number of amides is 1. The third kappa shape index (κ3) is 5.66. The Morgan fingerprint density at radius 1 is 1.13 bits per heavy atom. The van der Waals surface area contributed by atoms with Crippen LogP contribution in [0.15, 0.2) is 64.3 Å². The first-order valence-corrected chi connectivity index (χ1v) is 8.82. The molecule has 7 nitrogen and oxygen atoms in total. The summed E-state index contributed by atoms with van der Waals surface area (Å²) in [5, 5.41) is 9.93. The first kappa shape index (κ1) is 21.0. The van der Waals surface area contributed by atoms with Gasteiger partial charge in [0.2, 0.25) is 5.82 Å². The molecule has 3 aromatic rings. The Kier molecular flexibility index (Phi) is 6.45. The number of hydrogen-bond acceptors (Lipinski definition) is 6. The highest BCUT2D eigenvalue weighted by molar-refractivity contribution is 5.97. The number of hydrogen-bond donors (Lipinski definition) is 1. The van der Waals surface area contributed by atoms with Gasteiger partial charge in [0, 0.05) is 11.1 Å². The average molecular weight is 418 g/mol. The second-order valence-corrected chi connectivity index (χ2v) is 6.27. The monoisotopic (exact) mass is 418 g/mol. The van der Waals surface area contributed by atoms with Crippen molar-refractivity contribution in [2.45, 2.75) is 19.7 Å². The van der Waals surface area contributed by atoms with Crippen molar-refractivity contribution in [3.63, 3.8) is 0 Å². The Morgan fingerprint density at radius 3 is 2.47 bits per heavy atom. The fraction of sp³-hybridized carbons (Fsp3) is 0.200. The van der Waals surface area contributed by atoms with Crippen molar-refractivity contribution in [3.05, 3.63) is 71.6 Å². The second kappa shape index (κ2) is 9.21. The molecule has 30 heavy (non-hydrogen) atoms. The van der Waals surface area contributed by atoms with Gasteiger partial charge in [-0.25, -0.2) is 0 Å². The Morgan fingerprint density at radius 2 is 1.83 bits per heavy atom. The highest BCUT2D eigenvalue weighted by atomic mass is 19.4. The molecule has 0 aliphatic carbocycles. The van der Waals surface area contributed by atoms with Crippen LogP contribution < -0.4 is 5.32 Å². The molecule has 156 valence electrons. The van der Waals surface area contributed by atoms with Crippen LogP contribution in [0.5, 0.6) is 0 Å². The quantitative estimate of drug-likeness (QED) is 0.461. The number of rotatable bonds is 7. The smallest absolute Gasteiger partial charge is 0.391 e. The summed E-state index contributed by atoms with van der Waals surface area (Å²) in [6, 6.07) is 15.3. The average Bonchev–Trinajstić information content (AvgIpc) is 3.24. The minimum Gasteiger partial charge on any atom is -0.391 e. The molecular formula is C20H17F3N4O3. The zero-order chi connectivity index (χ0) is 21.6. The lowest BCUT2D eigenvalue weighted by Gasteiger charge is -2.06. The largest absolute Gasteiger partial charge is 0.471 e. The van der Waals surface area contributed by atoms with Crippen LogP contribution in [0.2, 0.25) is 0 Å². The van der Waals surface area contributed by atoms with E-state index in [1.807, 2.05) is 30.3 Å². The van der Waals surface area contributed by atoms with E-state index in [9.17, 15) is 18.0 Å². The molecule has 0 saturated heterocycles. The van der Waals surface area contributed by atoms with E-state index in [1.54, 1.807) is 6.92 Å². The molecule has 0 aliphatic rings. The summed E-state index contributed by atoms with van der Waals surface area (Å²) in [5.74, 6) is -2.01. The maximum Gasteiger partial charge on any atom is 0.471 e. The van der Waals surface area contributed by atoms with Crippen LogP contribution in [0.1, 0.15) is 28.7 Å². The Labute approximate surface area is 169 Å². The van der Waals surface area contributed by atoms with E-state index < -0.39 is 12.1 Å². The zero-order valence-electron chi connectivity index (χ0n) is 15.8. The minimum atomic E-state index is -4.71. The topological polar surface area (TPSA) is 89.6 Å². The van der Waals surface area contributed by atoms with Crippen molar-refractivity contribution in [2.75, 3.05) is 6.54 Å². The van der Waals surface area contributed by atoms with Crippen LogP contribution >= 0.6 is 0 Å². The number of oxime groups is 1. The molecule has 1 N–H and O–H groups in total. The highest BCUT2D eigenvalue weighted by Crippen LogP contribution is 2.29. The lowest BCUT2D eigenvalue weighted by atomic mass is 10.1. The van der Waals surface area contributed by atoms with Gasteiger partial charge in [-0.1, -0.05) is 52.8 Å². The molecule has 1 heterocycles. The summed E-state index contributed by atoms with van der Waals surface area (Å²) >= 11 is 0. The molecule has 0 fully saturated rings. The summed E-state index contributed by atoms with van der Waals surface area (Å²) in [6.45, 7) is 2.21. The summed E-state index contributed by atoms with van der Waals surface area (Å²) in [7, 11) is 0. The van der Waals surface area contributed by atoms with Crippen LogP contribution in [-0.2, 0) is 17.6 Å². The van der Waals surface area contributed by atoms with E-state index in [-0.39, 0.29) is 23.8 Å². The third-order valence-electron chi connectivity index (χ3n) is 3.87. The molecule has 0 atom stereocenters. The van der Waals surface area contributed by atoms with Gasteiger partial charge >= 0.3 is 12.1 Å². The van der Waals surface area contributed by atoms with Crippen molar-refractivity contribution >= 4 is 11.6 Å². The van der Waals surface area contributed by atoms with Gasteiger partial charge in [0.1, 0.15) is 6.61 Å². The molecule has 3 rings (SSSR count). The molecule has 2 aromatic carbocycles. The SMILES string of the molecule is C/C(CNC(=O)c1ccc(-c2noc(C(F)(F)F)n2)cc1)=N\OCc1ccccc1. The molecule has 0 bridgehead atoms. The number of nitrogens with one attached hydrogen (secondary N) is 1. The molecule has 0 unspecified atom stereocenters. The van der Waals surface area contributed by atoms with E-state index in [0.717, 1.165) is 5.56 Å². The number of nitrogens with zero attached hydrogens (tertiary/aromatic N) is 3. The van der Waals surface area contributed by atoms with Gasteiger partial charge in [0.15, 0.2) is 0 Å². The highest BCUT2D eigenvalue weighted by Gasteiger charge is 2.38. The lowest BCUT2D eigenvalue weighted by Crippen LogP contribution is -2.28. The van der Waals surface area contributed by atoms with E-state index in [2.05, 4.69) is 25.1 Å². The van der Waals surface area contributed by atoms with Crippen LogP contribution in [-0.4, -0.2) is 28.3 Å². The Balaban J connectivity index is 1.52. The first-order chi connectivity index (χ1) is 14.3. The van der Waals surface area contributed by atoms with Crippen LogP contribution in [0, 0.1) is 0 Å². The van der Waals surface area contributed by atoms with E-state index in [4.69, 9.17) is 4.84 Å². The van der Waals surface area contributed by atoms with Crippen LogP contribution in [0.25, 0.3) is 11.4 Å². The minimum absolute atomic E-state index is 0.176. The van der Waals surface area contributed by atoms with Crippen molar-refractivity contribution in [3.8, 4) is 11.4 Å². The van der Waals surface area contributed by atoms with Gasteiger partial charge in [-0.2, -0.15) is 18.2 Å². The molecule has 0 spiro atoms. The lowest BCUT2D eigenvalue weighted by molar-refractivity contribution is -0.159. The zero-order valence-corrected chi connectivity index (χ0v) is 15.8. The molecule has 0 saturated carbocycles. The number of halogens is 3. The number of carbonyl (C=O) groups is 1. The van der Waals surface area contributed by atoms with Crippen molar-refractivity contribution in [1.82, 2.24) is 15.5 Å². The number of alkyl halides is 3. The predicted molar refractivity (Wildman–Crippen MR) is 101 cm³/mol. The summed E-state index contributed by atoms with van der Waals surface area (Å²) in [6.07, 6.45) is -4.71. The summed E-state index contributed by atoms with van der Waals surface area (Å²) in [5.41, 5.74) is 2.15. The van der Waals surface area contributed by atoms with E-state index >= 15 is 0 Å². The Hall–Kier alpha value is -3.69. The van der Waals surface area contributed by atoms with Gasteiger partial charge in [-0.05, 0) is 24.6 Å². The van der Waals surface area contributed by atoms with Gasteiger partial charge in [0.25, 0.3) is 5.91 Å². The van der Waals surface area contributed by atoms with E-state index in [1.165, 1.54) is 24.3 Å². The molecule has 10 heteroatoms. The fourth-order valence-corrected chi connectivity index (χ4v) is 2.36. The Bertz CT molecular complexity index is 1020. The predicted octanol–water partition coefficient (Wildman–Crippen LogP) is 4.08. The molecule has 0 radical (unpaired) electrons. The molecule has 1 amide bonds. The van der Waals surface area contributed by atoms with Crippen LogP contribution in [0.4, 0.5) is 13.2 Å².